The van der Waals surface area contributed by atoms with E-state index in [1.165, 1.54) is 50.1 Å². The van der Waals surface area contributed by atoms with Crippen LogP contribution in [0.5, 0.6) is 0 Å². The number of hydrogen-bond donors (Lipinski definition) is 0. The van der Waals surface area contributed by atoms with Gasteiger partial charge in [-0.3, -0.25) is 4.98 Å². The van der Waals surface area contributed by atoms with Crippen molar-refractivity contribution in [3.63, 3.8) is 0 Å². The van der Waals surface area contributed by atoms with E-state index in [4.69, 9.17) is 9.97 Å². The number of nitrogens with zero attached hydrogens (tertiary/aromatic N) is 3. The summed E-state index contributed by atoms with van der Waals surface area (Å²) in [7, 11) is 0. The molecular weight excluding hydrogens is 667 g/mol. The smallest absolute Gasteiger partial charge is 0.160 e. The predicted octanol–water partition coefficient (Wildman–Crippen LogP) is 12.6. The average Bonchev–Trinajstić information content (AvgIpc) is 3.75. The molecule has 2 aliphatic rings. The highest BCUT2D eigenvalue weighted by Crippen LogP contribution is 2.63. The van der Waals surface area contributed by atoms with E-state index in [0.717, 1.165) is 44.8 Å². The SMILES string of the molecule is c1ccc(-c2cc(-c3cccc(-c4cccc5c4-c4ccccc4C54c5ccccc5-c5ccccc54)c3)nc(-c3ccc(-c4cccnc4)cc3)n2)cc1. The topological polar surface area (TPSA) is 38.7 Å². The van der Waals surface area contributed by atoms with Gasteiger partial charge in [0.1, 0.15) is 0 Å². The van der Waals surface area contributed by atoms with Gasteiger partial charge in [0.15, 0.2) is 5.82 Å². The Hall–Kier alpha value is -7.23. The Morgan fingerprint density at radius 2 is 0.855 bits per heavy atom. The molecule has 0 aliphatic heterocycles. The van der Waals surface area contributed by atoms with Gasteiger partial charge >= 0.3 is 0 Å². The Kier molecular flexibility index (Phi) is 7.08. The van der Waals surface area contributed by atoms with Crippen LogP contribution in [-0.2, 0) is 5.41 Å². The molecule has 2 aliphatic carbocycles. The van der Waals surface area contributed by atoms with Crippen LogP contribution >= 0.6 is 0 Å². The Morgan fingerprint density at radius 3 is 1.56 bits per heavy atom. The van der Waals surface area contributed by atoms with Crippen LogP contribution in [0.2, 0.25) is 0 Å². The molecular formula is C52H33N3. The fourth-order valence-corrected chi connectivity index (χ4v) is 9.06. The monoisotopic (exact) mass is 699 g/mol. The lowest BCUT2D eigenvalue weighted by molar-refractivity contribution is 0.794. The standard InChI is InChI=1S/C52H33N3/c1-2-13-35(14-3-1)48-32-49(55-51(54-48)36-28-26-34(27-29-36)39-17-12-30-53-33-39)38-16-10-15-37(31-38)40-21-11-25-47-50(40)43-20-6-9-24-46(43)52(47)44-22-7-4-18-41(44)42-19-5-8-23-45(42)52/h1-33H. The van der Waals surface area contributed by atoms with Gasteiger partial charge in [-0.2, -0.15) is 0 Å². The molecule has 3 heteroatoms. The second-order valence-corrected chi connectivity index (χ2v) is 14.3. The molecule has 256 valence electrons. The van der Waals surface area contributed by atoms with Gasteiger partial charge in [-0.25, -0.2) is 9.97 Å². The van der Waals surface area contributed by atoms with Gasteiger partial charge in [-0.1, -0.05) is 170 Å². The lowest BCUT2D eigenvalue weighted by atomic mass is 9.70. The van der Waals surface area contributed by atoms with Crippen molar-refractivity contribution in [2.75, 3.05) is 0 Å². The third-order valence-electron chi connectivity index (χ3n) is 11.4. The number of hydrogen-bond acceptors (Lipinski definition) is 3. The van der Waals surface area contributed by atoms with E-state index >= 15 is 0 Å². The number of fused-ring (bicyclic) bond motifs is 10. The Balaban J connectivity index is 1.07. The summed E-state index contributed by atoms with van der Waals surface area (Å²) in [5.41, 5.74) is 19.6. The zero-order chi connectivity index (χ0) is 36.3. The predicted molar refractivity (Wildman–Crippen MR) is 223 cm³/mol. The number of benzene rings is 7. The molecule has 0 N–H and O–H groups in total. The fourth-order valence-electron chi connectivity index (χ4n) is 9.06. The van der Waals surface area contributed by atoms with Crippen molar-refractivity contribution < 1.29 is 0 Å². The minimum absolute atomic E-state index is 0.383. The van der Waals surface area contributed by atoms with Crippen molar-refractivity contribution in [2.24, 2.45) is 0 Å². The summed E-state index contributed by atoms with van der Waals surface area (Å²) in [6, 6.07) is 67.7. The first-order valence-corrected chi connectivity index (χ1v) is 18.8. The van der Waals surface area contributed by atoms with Gasteiger partial charge in [-0.15, -0.1) is 0 Å². The van der Waals surface area contributed by atoms with E-state index < -0.39 is 0 Å². The van der Waals surface area contributed by atoms with E-state index in [9.17, 15) is 0 Å². The van der Waals surface area contributed by atoms with Crippen molar-refractivity contribution in [1.82, 2.24) is 15.0 Å². The highest BCUT2D eigenvalue weighted by atomic mass is 14.9. The number of pyridine rings is 1. The number of aromatic nitrogens is 3. The highest BCUT2D eigenvalue weighted by Gasteiger charge is 2.51. The summed E-state index contributed by atoms with van der Waals surface area (Å²) in [6.07, 6.45) is 3.68. The summed E-state index contributed by atoms with van der Waals surface area (Å²) in [6.45, 7) is 0. The molecule has 2 heterocycles. The molecule has 0 unspecified atom stereocenters. The fraction of sp³-hybridized carbons (Fsp3) is 0.0192. The maximum atomic E-state index is 5.23. The van der Waals surface area contributed by atoms with E-state index in [1.54, 1.807) is 6.20 Å². The Labute approximate surface area is 320 Å². The third kappa shape index (κ3) is 4.80. The van der Waals surface area contributed by atoms with Gasteiger partial charge < -0.3 is 0 Å². The highest BCUT2D eigenvalue weighted by molar-refractivity contribution is 6.00. The van der Waals surface area contributed by atoms with Crippen molar-refractivity contribution >= 4 is 0 Å². The van der Waals surface area contributed by atoms with Crippen LogP contribution in [0.1, 0.15) is 22.3 Å². The molecule has 0 fully saturated rings. The summed E-state index contributed by atoms with van der Waals surface area (Å²) in [5, 5.41) is 0. The van der Waals surface area contributed by atoms with Gasteiger partial charge in [0, 0.05) is 29.1 Å². The van der Waals surface area contributed by atoms with Crippen molar-refractivity contribution in [2.45, 2.75) is 5.41 Å². The van der Waals surface area contributed by atoms with Crippen LogP contribution in [0.4, 0.5) is 0 Å². The molecule has 11 rings (SSSR count). The zero-order valence-electron chi connectivity index (χ0n) is 29.9. The van der Waals surface area contributed by atoms with Crippen molar-refractivity contribution in [1.29, 1.82) is 0 Å². The van der Waals surface area contributed by atoms with Gasteiger partial charge in [0.05, 0.1) is 16.8 Å². The van der Waals surface area contributed by atoms with E-state index in [0.29, 0.717) is 5.82 Å². The molecule has 0 saturated carbocycles. The van der Waals surface area contributed by atoms with Crippen molar-refractivity contribution in [3.8, 4) is 78.4 Å². The summed E-state index contributed by atoms with van der Waals surface area (Å²) < 4.78 is 0. The maximum Gasteiger partial charge on any atom is 0.160 e. The second kappa shape index (κ2) is 12.4. The lowest BCUT2D eigenvalue weighted by Gasteiger charge is -2.30. The molecule has 3 nitrogen and oxygen atoms in total. The first-order valence-electron chi connectivity index (χ1n) is 18.8. The van der Waals surface area contributed by atoms with Crippen LogP contribution in [-0.4, -0.2) is 15.0 Å². The zero-order valence-corrected chi connectivity index (χ0v) is 29.9. The molecule has 0 bridgehead atoms. The van der Waals surface area contributed by atoms with Crippen LogP contribution in [0.25, 0.3) is 78.4 Å². The normalized spacial score (nSPS) is 12.9. The third-order valence-corrected chi connectivity index (χ3v) is 11.4. The van der Waals surface area contributed by atoms with Crippen LogP contribution in [0.3, 0.4) is 0 Å². The molecule has 7 aromatic carbocycles. The summed E-state index contributed by atoms with van der Waals surface area (Å²) >= 11 is 0. The molecule has 1 spiro atoms. The molecule has 55 heavy (non-hydrogen) atoms. The molecule has 0 atom stereocenters. The minimum Gasteiger partial charge on any atom is -0.264 e. The minimum atomic E-state index is -0.383. The quantitative estimate of drug-likeness (QED) is 0.179. The van der Waals surface area contributed by atoms with Crippen molar-refractivity contribution in [3.05, 3.63) is 223 Å². The van der Waals surface area contributed by atoms with Gasteiger partial charge in [0.2, 0.25) is 0 Å². The first-order chi connectivity index (χ1) is 27.3. The molecule has 0 amide bonds. The summed E-state index contributed by atoms with van der Waals surface area (Å²) in [4.78, 5) is 14.6. The largest absolute Gasteiger partial charge is 0.264 e. The first kappa shape index (κ1) is 31.3. The summed E-state index contributed by atoms with van der Waals surface area (Å²) in [5.74, 6) is 0.689. The lowest BCUT2D eigenvalue weighted by Crippen LogP contribution is -2.25. The average molecular weight is 700 g/mol. The molecule has 0 radical (unpaired) electrons. The molecule has 9 aromatic rings. The van der Waals surface area contributed by atoms with Gasteiger partial charge in [0.25, 0.3) is 0 Å². The van der Waals surface area contributed by atoms with E-state index in [2.05, 4.69) is 181 Å². The van der Waals surface area contributed by atoms with Crippen LogP contribution in [0, 0.1) is 0 Å². The maximum absolute atomic E-state index is 5.23. The Morgan fingerprint density at radius 1 is 0.327 bits per heavy atom. The van der Waals surface area contributed by atoms with Crippen LogP contribution < -0.4 is 0 Å². The number of rotatable bonds is 5. The molecule has 2 aromatic heterocycles. The Bertz CT molecular complexity index is 2870. The molecule has 0 saturated heterocycles. The van der Waals surface area contributed by atoms with Crippen LogP contribution in [0.15, 0.2) is 200 Å². The van der Waals surface area contributed by atoms with E-state index in [-0.39, 0.29) is 5.41 Å². The van der Waals surface area contributed by atoms with Gasteiger partial charge in [-0.05, 0) is 85.0 Å². The second-order valence-electron chi connectivity index (χ2n) is 14.3. The van der Waals surface area contributed by atoms with E-state index in [1.807, 2.05) is 18.3 Å².